The summed E-state index contributed by atoms with van der Waals surface area (Å²) in [5.74, 6) is -0.265. The number of halogens is 2. The van der Waals surface area contributed by atoms with Crippen LogP contribution in [0.4, 0.5) is 4.39 Å². The van der Waals surface area contributed by atoms with Crippen molar-refractivity contribution >= 4 is 11.6 Å². The zero-order valence-electron chi connectivity index (χ0n) is 11.8. The molecular formula is C15H19ClFN3. The van der Waals surface area contributed by atoms with Gasteiger partial charge in [0, 0.05) is 28.4 Å². The molecule has 0 aliphatic carbocycles. The normalized spacial score (nSPS) is 11.1. The lowest BCUT2D eigenvalue weighted by Gasteiger charge is -2.08. The van der Waals surface area contributed by atoms with E-state index in [0.29, 0.717) is 23.7 Å². The molecule has 0 aliphatic rings. The lowest BCUT2D eigenvalue weighted by molar-refractivity contribution is 0.573. The van der Waals surface area contributed by atoms with Crippen LogP contribution in [0.3, 0.4) is 0 Å². The number of rotatable bonds is 5. The average molecular weight is 296 g/mol. The first-order valence-electron chi connectivity index (χ1n) is 6.82. The molecule has 1 aromatic heterocycles. The summed E-state index contributed by atoms with van der Waals surface area (Å²) in [5, 5.41) is 5.09. The van der Waals surface area contributed by atoms with E-state index in [1.54, 1.807) is 12.1 Å². The molecule has 2 rings (SSSR count). The second-order valence-electron chi connectivity index (χ2n) is 4.68. The molecule has 2 N–H and O–H groups in total. The molecule has 5 heteroatoms. The van der Waals surface area contributed by atoms with Gasteiger partial charge in [0.2, 0.25) is 0 Å². The largest absolute Gasteiger partial charge is 0.326 e. The molecule has 0 spiro atoms. The van der Waals surface area contributed by atoms with Gasteiger partial charge >= 0.3 is 0 Å². The highest BCUT2D eigenvalue weighted by Gasteiger charge is 2.15. The Kier molecular flexibility index (Phi) is 4.78. The SMILES string of the molecule is CCc1nn(Cc2cc(Cl)ccc2F)c(CC)c1CN. The molecule has 0 aliphatic heterocycles. The van der Waals surface area contributed by atoms with Crippen LogP contribution in [0.5, 0.6) is 0 Å². The minimum Gasteiger partial charge on any atom is -0.326 e. The van der Waals surface area contributed by atoms with Crippen LogP contribution in [0.25, 0.3) is 0 Å². The molecule has 20 heavy (non-hydrogen) atoms. The molecule has 1 aromatic carbocycles. The molecule has 0 atom stereocenters. The van der Waals surface area contributed by atoms with E-state index >= 15 is 0 Å². The van der Waals surface area contributed by atoms with Crippen molar-refractivity contribution in [1.29, 1.82) is 0 Å². The minimum atomic E-state index is -0.265. The summed E-state index contributed by atoms with van der Waals surface area (Å²) in [4.78, 5) is 0. The summed E-state index contributed by atoms with van der Waals surface area (Å²) < 4.78 is 15.7. The van der Waals surface area contributed by atoms with Gasteiger partial charge in [0.1, 0.15) is 5.82 Å². The Morgan fingerprint density at radius 3 is 2.65 bits per heavy atom. The molecular weight excluding hydrogens is 277 g/mol. The van der Waals surface area contributed by atoms with E-state index in [1.165, 1.54) is 6.07 Å². The van der Waals surface area contributed by atoms with E-state index in [2.05, 4.69) is 12.0 Å². The highest BCUT2D eigenvalue weighted by Crippen LogP contribution is 2.20. The number of hydrogen-bond donors (Lipinski definition) is 1. The first-order valence-corrected chi connectivity index (χ1v) is 7.19. The summed E-state index contributed by atoms with van der Waals surface area (Å²) in [5.41, 5.74) is 9.50. The molecule has 0 saturated carbocycles. The van der Waals surface area contributed by atoms with Gasteiger partial charge in [-0.3, -0.25) is 4.68 Å². The van der Waals surface area contributed by atoms with Crippen LogP contribution in [-0.4, -0.2) is 9.78 Å². The van der Waals surface area contributed by atoms with Gasteiger partial charge < -0.3 is 5.73 Å². The molecule has 1 heterocycles. The van der Waals surface area contributed by atoms with Gasteiger partial charge in [-0.25, -0.2) is 4.39 Å². The van der Waals surface area contributed by atoms with Crippen LogP contribution in [0, 0.1) is 5.82 Å². The molecule has 3 nitrogen and oxygen atoms in total. The van der Waals surface area contributed by atoms with Crippen molar-refractivity contribution in [1.82, 2.24) is 9.78 Å². The monoisotopic (exact) mass is 295 g/mol. The molecule has 108 valence electrons. The van der Waals surface area contributed by atoms with Crippen LogP contribution in [0.1, 0.15) is 36.4 Å². The number of nitrogens with zero attached hydrogens (tertiary/aromatic N) is 2. The van der Waals surface area contributed by atoms with E-state index < -0.39 is 0 Å². The standard InChI is InChI=1S/C15H19ClFN3/c1-3-14-12(8-18)15(4-2)20(19-14)9-10-7-11(16)5-6-13(10)17/h5-7H,3-4,8-9,18H2,1-2H3. The van der Waals surface area contributed by atoms with Gasteiger partial charge in [-0.1, -0.05) is 25.4 Å². The molecule has 0 radical (unpaired) electrons. The molecule has 0 bridgehead atoms. The van der Waals surface area contributed by atoms with Gasteiger partial charge in [-0.15, -0.1) is 0 Å². The maximum atomic E-state index is 13.8. The van der Waals surface area contributed by atoms with Crippen molar-refractivity contribution < 1.29 is 4.39 Å². The minimum absolute atomic E-state index is 0.265. The van der Waals surface area contributed by atoms with E-state index in [1.807, 2.05) is 11.6 Å². The fourth-order valence-electron chi connectivity index (χ4n) is 2.46. The molecule has 2 aromatic rings. The van der Waals surface area contributed by atoms with Gasteiger partial charge in [0.25, 0.3) is 0 Å². The maximum Gasteiger partial charge on any atom is 0.128 e. The molecule has 0 fully saturated rings. The Balaban J connectivity index is 2.42. The number of aryl methyl sites for hydroxylation is 1. The van der Waals surface area contributed by atoms with E-state index in [-0.39, 0.29) is 5.82 Å². The van der Waals surface area contributed by atoms with Crippen molar-refractivity contribution in [2.45, 2.75) is 39.8 Å². The second kappa shape index (κ2) is 6.37. The summed E-state index contributed by atoms with van der Waals surface area (Å²) in [6.07, 6.45) is 1.65. The zero-order valence-corrected chi connectivity index (χ0v) is 12.5. The van der Waals surface area contributed by atoms with Crippen LogP contribution in [-0.2, 0) is 25.9 Å². The number of hydrogen-bond acceptors (Lipinski definition) is 2. The summed E-state index contributed by atoms with van der Waals surface area (Å²) in [7, 11) is 0. The van der Waals surface area contributed by atoms with E-state index in [9.17, 15) is 4.39 Å². The average Bonchev–Trinajstić information content (AvgIpc) is 2.79. The highest BCUT2D eigenvalue weighted by molar-refractivity contribution is 6.30. The topological polar surface area (TPSA) is 43.8 Å². The Morgan fingerprint density at radius 2 is 2.05 bits per heavy atom. The highest BCUT2D eigenvalue weighted by atomic mass is 35.5. The van der Waals surface area contributed by atoms with Crippen molar-refractivity contribution in [3.8, 4) is 0 Å². The Morgan fingerprint density at radius 1 is 1.30 bits per heavy atom. The maximum absolute atomic E-state index is 13.8. The fourth-order valence-corrected chi connectivity index (χ4v) is 2.66. The second-order valence-corrected chi connectivity index (χ2v) is 5.11. The van der Waals surface area contributed by atoms with E-state index in [0.717, 1.165) is 29.8 Å². The summed E-state index contributed by atoms with van der Waals surface area (Å²) in [6.45, 7) is 4.94. The molecule has 0 amide bonds. The van der Waals surface area contributed by atoms with Crippen molar-refractivity contribution in [3.05, 3.63) is 51.6 Å². The molecule has 0 unspecified atom stereocenters. The number of benzene rings is 1. The zero-order chi connectivity index (χ0) is 14.7. The van der Waals surface area contributed by atoms with E-state index in [4.69, 9.17) is 17.3 Å². The van der Waals surface area contributed by atoms with Crippen molar-refractivity contribution in [2.75, 3.05) is 0 Å². The van der Waals surface area contributed by atoms with Gasteiger partial charge in [-0.2, -0.15) is 5.10 Å². The third kappa shape index (κ3) is 2.86. The Labute approximate surface area is 123 Å². The lowest BCUT2D eigenvalue weighted by atomic mass is 10.1. The quantitative estimate of drug-likeness (QED) is 0.920. The van der Waals surface area contributed by atoms with Crippen LogP contribution >= 0.6 is 11.6 Å². The van der Waals surface area contributed by atoms with Crippen LogP contribution in [0.15, 0.2) is 18.2 Å². The first-order chi connectivity index (χ1) is 9.60. The van der Waals surface area contributed by atoms with Crippen molar-refractivity contribution in [2.24, 2.45) is 5.73 Å². The Hall–Kier alpha value is -1.39. The Bertz CT molecular complexity index is 607. The van der Waals surface area contributed by atoms with Gasteiger partial charge in [0.05, 0.1) is 12.2 Å². The number of nitrogens with two attached hydrogens (primary N) is 1. The fraction of sp³-hybridized carbons (Fsp3) is 0.400. The van der Waals surface area contributed by atoms with Gasteiger partial charge in [-0.05, 0) is 31.0 Å². The third-order valence-electron chi connectivity index (χ3n) is 3.45. The third-order valence-corrected chi connectivity index (χ3v) is 3.69. The lowest BCUT2D eigenvalue weighted by Crippen LogP contribution is -2.09. The predicted octanol–water partition coefficient (Wildman–Crippen LogP) is 3.31. The smallest absolute Gasteiger partial charge is 0.128 e. The van der Waals surface area contributed by atoms with Crippen LogP contribution in [0.2, 0.25) is 5.02 Å². The number of aromatic nitrogens is 2. The summed E-state index contributed by atoms with van der Waals surface area (Å²) in [6, 6.07) is 4.58. The van der Waals surface area contributed by atoms with Crippen LogP contribution < -0.4 is 5.73 Å². The predicted molar refractivity (Wildman–Crippen MR) is 79.4 cm³/mol. The van der Waals surface area contributed by atoms with Gasteiger partial charge in [0.15, 0.2) is 0 Å². The van der Waals surface area contributed by atoms with Crippen molar-refractivity contribution in [3.63, 3.8) is 0 Å². The summed E-state index contributed by atoms with van der Waals surface area (Å²) >= 11 is 5.93. The molecule has 0 saturated heterocycles. The first kappa shape index (κ1) is 15.0.